The molecule has 6 heteroatoms. The summed E-state index contributed by atoms with van der Waals surface area (Å²) in [5.74, 6) is -3.48. The van der Waals surface area contributed by atoms with E-state index in [0.717, 1.165) is 33.8 Å². The van der Waals surface area contributed by atoms with Crippen LogP contribution in [0, 0.1) is 11.6 Å². The van der Waals surface area contributed by atoms with Crippen molar-refractivity contribution in [1.82, 2.24) is 0 Å². The van der Waals surface area contributed by atoms with Crippen molar-refractivity contribution in [2.75, 3.05) is 0 Å². The average Bonchev–Trinajstić information content (AvgIpc) is 2.88. The lowest BCUT2D eigenvalue weighted by Gasteiger charge is -2.10. The van der Waals surface area contributed by atoms with Gasteiger partial charge < -0.3 is 10.5 Å². The molecule has 0 atom stereocenters. The Labute approximate surface area is 210 Å². The zero-order valence-electron chi connectivity index (χ0n) is 18.7. The Kier molecular flexibility index (Phi) is 7.73. The van der Waals surface area contributed by atoms with E-state index in [1.165, 1.54) is 16.3 Å². The van der Waals surface area contributed by atoms with Gasteiger partial charge >= 0.3 is 0 Å². The number of halogens is 3. The topological polar surface area (TPSA) is 52.3 Å². The quantitative estimate of drug-likeness (QED) is 0.237. The maximum Gasteiger partial charge on any atom is 0.254 e. The molecule has 3 nitrogen and oxygen atoms in total. The Balaban J connectivity index is 0.000000201. The Morgan fingerprint density at radius 2 is 1.29 bits per heavy atom. The van der Waals surface area contributed by atoms with Gasteiger partial charge in [-0.3, -0.25) is 4.79 Å². The number of primary amides is 1. The van der Waals surface area contributed by atoms with Crippen LogP contribution in [0.2, 0.25) is 0 Å². The van der Waals surface area contributed by atoms with E-state index in [-0.39, 0.29) is 12.4 Å². The van der Waals surface area contributed by atoms with Gasteiger partial charge in [0.25, 0.3) is 5.91 Å². The fourth-order valence-electron chi connectivity index (χ4n) is 3.68. The van der Waals surface area contributed by atoms with Crippen molar-refractivity contribution in [3.8, 4) is 5.75 Å². The minimum absolute atomic E-state index is 0.0889. The number of hydrogen-bond donors (Lipinski definition) is 1. The van der Waals surface area contributed by atoms with Gasteiger partial charge in [0.15, 0.2) is 11.6 Å². The maximum atomic E-state index is 14.1. The molecule has 0 aliphatic rings. The number of alkyl halides is 1. The number of carbonyl (C=O) groups is 1. The Bertz CT molecular complexity index is 1500. The lowest BCUT2D eigenvalue weighted by molar-refractivity contribution is 0.0991. The number of benzene rings is 5. The molecule has 35 heavy (non-hydrogen) atoms. The lowest BCUT2D eigenvalue weighted by atomic mass is 10.1. The first-order valence-corrected chi connectivity index (χ1v) is 12.0. The molecular weight excluding hydrogens is 512 g/mol. The van der Waals surface area contributed by atoms with Crippen molar-refractivity contribution < 1.29 is 18.3 Å². The highest BCUT2D eigenvalue weighted by Gasteiger charge is 2.19. The smallest absolute Gasteiger partial charge is 0.254 e. The first-order chi connectivity index (χ1) is 17.0. The van der Waals surface area contributed by atoms with Crippen molar-refractivity contribution in [2.45, 2.75) is 11.9 Å². The number of carbonyl (C=O) groups excluding carboxylic acids is 1. The van der Waals surface area contributed by atoms with Crippen LogP contribution in [0.4, 0.5) is 8.78 Å². The number of nitrogens with two attached hydrogens (primary N) is 1. The van der Waals surface area contributed by atoms with E-state index in [1.54, 1.807) is 0 Å². The van der Waals surface area contributed by atoms with Gasteiger partial charge in [0, 0.05) is 5.33 Å². The number of ether oxygens (including phenoxy) is 1. The first kappa shape index (κ1) is 24.4. The molecule has 0 aromatic heterocycles. The summed E-state index contributed by atoms with van der Waals surface area (Å²) in [7, 11) is 0. The Hall–Kier alpha value is -3.77. The minimum atomic E-state index is -1.17. The molecule has 0 unspecified atom stereocenters. The highest BCUT2D eigenvalue weighted by molar-refractivity contribution is 9.08. The SMILES string of the molecule is BrCc1ccc2ccccc2c1.NC(=O)c1c(F)ccc(OCc2ccc3ccccc3c2)c1F. The van der Waals surface area contributed by atoms with E-state index in [0.29, 0.717) is 0 Å². The van der Waals surface area contributed by atoms with Crippen molar-refractivity contribution in [3.63, 3.8) is 0 Å². The molecule has 0 fully saturated rings. The second-order valence-electron chi connectivity index (χ2n) is 7.88. The summed E-state index contributed by atoms with van der Waals surface area (Å²) >= 11 is 3.44. The third-order valence-corrected chi connectivity index (χ3v) is 6.13. The van der Waals surface area contributed by atoms with Gasteiger partial charge in [-0.2, -0.15) is 0 Å². The van der Waals surface area contributed by atoms with E-state index in [1.807, 2.05) is 42.5 Å². The minimum Gasteiger partial charge on any atom is -0.486 e. The molecule has 0 saturated heterocycles. The molecule has 0 heterocycles. The summed E-state index contributed by atoms with van der Waals surface area (Å²) in [4.78, 5) is 11.1. The number of hydrogen-bond acceptors (Lipinski definition) is 2. The predicted octanol–water partition coefficient (Wildman–Crippen LogP) is 7.53. The number of amides is 1. The molecule has 176 valence electrons. The lowest BCUT2D eigenvalue weighted by Crippen LogP contribution is -2.16. The van der Waals surface area contributed by atoms with E-state index in [4.69, 9.17) is 10.5 Å². The summed E-state index contributed by atoms with van der Waals surface area (Å²) in [6, 6.07) is 30.6. The standard InChI is InChI=1S/C18H13F2NO2.C11H9Br/c19-14-7-8-15(17(20)16(14)18(21)22)23-10-11-5-6-12-3-1-2-4-13(12)9-11;12-8-9-5-6-10-3-1-2-4-11(10)7-9/h1-9H,10H2,(H2,21,22);1-7H,8H2. The summed E-state index contributed by atoms with van der Waals surface area (Å²) in [6.45, 7) is 0.0889. The molecule has 5 rings (SSSR count). The molecule has 0 bridgehead atoms. The van der Waals surface area contributed by atoms with Crippen LogP contribution in [-0.4, -0.2) is 5.91 Å². The fourth-order valence-corrected chi connectivity index (χ4v) is 4.03. The predicted molar refractivity (Wildman–Crippen MR) is 140 cm³/mol. The summed E-state index contributed by atoms with van der Waals surface area (Å²) in [5, 5.41) is 5.67. The van der Waals surface area contributed by atoms with Crippen LogP contribution in [0.15, 0.2) is 97.1 Å². The van der Waals surface area contributed by atoms with Gasteiger partial charge in [-0.05, 0) is 50.9 Å². The normalized spacial score (nSPS) is 10.6. The maximum absolute atomic E-state index is 14.1. The summed E-state index contributed by atoms with van der Waals surface area (Å²) < 4.78 is 32.9. The van der Waals surface area contributed by atoms with E-state index >= 15 is 0 Å². The van der Waals surface area contributed by atoms with Crippen LogP contribution in [0.5, 0.6) is 5.75 Å². The molecule has 5 aromatic carbocycles. The average molecular weight is 534 g/mol. The van der Waals surface area contributed by atoms with Crippen LogP contribution in [0.1, 0.15) is 21.5 Å². The van der Waals surface area contributed by atoms with Crippen molar-refractivity contribution in [1.29, 1.82) is 0 Å². The molecule has 1 amide bonds. The fraction of sp³-hybridized carbons (Fsp3) is 0.0690. The molecule has 0 aliphatic heterocycles. The van der Waals surface area contributed by atoms with Crippen LogP contribution >= 0.6 is 15.9 Å². The monoisotopic (exact) mass is 533 g/mol. The van der Waals surface area contributed by atoms with E-state index in [9.17, 15) is 13.6 Å². The van der Waals surface area contributed by atoms with Crippen molar-refractivity contribution in [3.05, 3.63) is 125 Å². The highest BCUT2D eigenvalue weighted by atomic mass is 79.9. The third kappa shape index (κ3) is 5.84. The van der Waals surface area contributed by atoms with Crippen LogP contribution < -0.4 is 10.5 Å². The van der Waals surface area contributed by atoms with E-state index < -0.39 is 23.1 Å². The molecule has 0 radical (unpaired) electrons. The second-order valence-corrected chi connectivity index (χ2v) is 8.44. The number of fused-ring (bicyclic) bond motifs is 2. The van der Waals surface area contributed by atoms with Gasteiger partial charge in [0.1, 0.15) is 18.0 Å². The molecule has 0 aliphatic carbocycles. The van der Waals surface area contributed by atoms with Gasteiger partial charge in [0.2, 0.25) is 0 Å². The van der Waals surface area contributed by atoms with Crippen LogP contribution in [-0.2, 0) is 11.9 Å². The van der Waals surface area contributed by atoms with Crippen LogP contribution in [0.3, 0.4) is 0 Å². The zero-order chi connectivity index (χ0) is 24.8. The van der Waals surface area contributed by atoms with Crippen molar-refractivity contribution >= 4 is 43.4 Å². The highest BCUT2D eigenvalue weighted by Crippen LogP contribution is 2.24. The third-order valence-electron chi connectivity index (χ3n) is 5.48. The van der Waals surface area contributed by atoms with Gasteiger partial charge in [-0.1, -0.05) is 94.8 Å². The van der Waals surface area contributed by atoms with Crippen molar-refractivity contribution in [2.24, 2.45) is 5.73 Å². The Morgan fingerprint density at radius 3 is 1.86 bits per heavy atom. The summed E-state index contributed by atoms with van der Waals surface area (Å²) in [6.07, 6.45) is 0. The largest absolute Gasteiger partial charge is 0.486 e. The number of rotatable bonds is 5. The molecular formula is C29H22BrF2NO2. The molecule has 0 spiro atoms. The summed E-state index contributed by atoms with van der Waals surface area (Å²) in [5.41, 5.74) is 6.34. The van der Waals surface area contributed by atoms with Gasteiger partial charge in [0.05, 0.1) is 0 Å². The molecule has 5 aromatic rings. The molecule has 0 saturated carbocycles. The second kappa shape index (κ2) is 11.1. The zero-order valence-corrected chi connectivity index (χ0v) is 20.3. The van der Waals surface area contributed by atoms with E-state index in [2.05, 4.69) is 58.4 Å². The van der Waals surface area contributed by atoms with Crippen LogP contribution in [0.25, 0.3) is 21.5 Å². The van der Waals surface area contributed by atoms with Gasteiger partial charge in [-0.25, -0.2) is 8.78 Å². The Morgan fingerprint density at radius 1 is 0.743 bits per heavy atom. The molecule has 2 N–H and O–H groups in total. The first-order valence-electron chi connectivity index (χ1n) is 10.9. The van der Waals surface area contributed by atoms with Gasteiger partial charge in [-0.15, -0.1) is 0 Å².